The molecule has 0 unspecified atom stereocenters. The first-order chi connectivity index (χ1) is 9.63. The fourth-order valence-corrected chi connectivity index (χ4v) is 2.18. The zero-order valence-corrected chi connectivity index (χ0v) is 11.8. The Morgan fingerprint density at radius 2 is 2.25 bits per heavy atom. The van der Waals surface area contributed by atoms with Gasteiger partial charge in [0, 0.05) is 19.5 Å². The number of halogens is 1. The normalized spacial score (nSPS) is 10.5. The smallest absolute Gasteiger partial charge is 0.254 e. The maximum atomic E-state index is 13.4. The van der Waals surface area contributed by atoms with Crippen LogP contribution in [0.15, 0.2) is 24.3 Å². The Kier molecular flexibility index (Phi) is 4.62. The van der Waals surface area contributed by atoms with Crippen LogP contribution in [-0.4, -0.2) is 27.2 Å². The van der Waals surface area contributed by atoms with Gasteiger partial charge in [-0.15, -0.1) is 0 Å². The summed E-state index contributed by atoms with van der Waals surface area (Å²) in [5.74, 6) is -0.187. The van der Waals surface area contributed by atoms with Gasteiger partial charge in [-0.3, -0.25) is 9.89 Å². The van der Waals surface area contributed by atoms with E-state index in [2.05, 4.69) is 15.5 Å². The lowest BCUT2D eigenvalue weighted by molar-refractivity contribution is 0.0950. The van der Waals surface area contributed by atoms with Crippen LogP contribution in [0.25, 0.3) is 0 Å². The molecule has 0 aliphatic rings. The molecule has 7 heteroatoms. The lowest BCUT2D eigenvalue weighted by atomic mass is 10.2. The van der Waals surface area contributed by atoms with Gasteiger partial charge in [0.1, 0.15) is 11.6 Å². The van der Waals surface area contributed by atoms with Gasteiger partial charge in [0.15, 0.2) is 4.77 Å². The number of benzene rings is 1. The minimum atomic E-state index is -0.527. The molecule has 0 aliphatic carbocycles. The number of aromatic nitrogens is 3. The van der Waals surface area contributed by atoms with Crippen molar-refractivity contribution in [3.05, 3.63) is 46.2 Å². The summed E-state index contributed by atoms with van der Waals surface area (Å²) < 4.78 is 15.8. The summed E-state index contributed by atoms with van der Waals surface area (Å²) in [7, 11) is 0. The van der Waals surface area contributed by atoms with Gasteiger partial charge < -0.3 is 9.88 Å². The van der Waals surface area contributed by atoms with Crippen LogP contribution >= 0.6 is 12.2 Å². The summed E-state index contributed by atoms with van der Waals surface area (Å²) in [4.78, 5) is 11.8. The van der Waals surface area contributed by atoms with Gasteiger partial charge in [-0.2, -0.15) is 5.10 Å². The van der Waals surface area contributed by atoms with Crippen molar-refractivity contribution < 1.29 is 9.18 Å². The molecule has 0 spiro atoms. The highest BCUT2D eigenvalue weighted by Crippen LogP contribution is 2.06. The Bertz CT molecular complexity index is 664. The monoisotopic (exact) mass is 294 g/mol. The van der Waals surface area contributed by atoms with Crippen LogP contribution in [0.3, 0.4) is 0 Å². The molecule has 5 nitrogen and oxygen atoms in total. The number of H-pyrrole nitrogens is 1. The molecule has 0 bridgehead atoms. The molecule has 0 atom stereocenters. The van der Waals surface area contributed by atoms with Crippen LogP contribution in [0.2, 0.25) is 0 Å². The van der Waals surface area contributed by atoms with Crippen molar-refractivity contribution in [2.75, 3.05) is 6.54 Å². The first-order valence-corrected chi connectivity index (χ1v) is 6.71. The van der Waals surface area contributed by atoms with Crippen LogP contribution in [0.1, 0.15) is 23.1 Å². The SMILES string of the molecule is CCn1c(CCNC(=O)c2ccccc2F)n[nH]c1=S. The third kappa shape index (κ3) is 3.11. The van der Waals surface area contributed by atoms with E-state index in [-0.39, 0.29) is 5.56 Å². The van der Waals surface area contributed by atoms with E-state index < -0.39 is 11.7 Å². The molecular formula is C13H15FN4OS. The van der Waals surface area contributed by atoms with E-state index in [1.54, 1.807) is 12.1 Å². The third-order valence-electron chi connectivity index (χ3n) is 2.91. The fourth-order valence-electron chi connectivity index (χ4n) is 1.90. The van der Waals surface area contributed by atoms with Crippen LogP contribution in [0.4, 0.5) is 4.39 Å². The van der Waals surface area contributed by atoms with Gasteiger partial charge in [-0.1, -0.05) is 12.1 Å². The summed E-state index contributed by atoms with van der Waals surface area (Å²) >= 11 is 5.08. The predicted molar refractivity (Wildman–Crippen MR) is 75.5 cm³/mol. The summed E-state index contributed by atoms with van der Waals surface area (Å²) in [5, 5.41) is 9.47. The molecule has 1 aromatic heterocycles. The highest BCUT2D eigenvalue weighted by Gasteiger charge is 2.11. The molecule has 2 aromatic rings. The zero-order chi connectivity index (χ0) is 14.5. The van der Waals surface area contributed by atoms with Crippen LogP contribution < -0.4 is 5.32 Å². The first-order valence-electron chi connectivity index (χ1n) is 6.30. The van der Waals surface area contributed by atoms with E-state index in [1.807, 2.05) is 11.5 Å². The number of carbonyl (C=O) groups is 1. The van der Waals surface area contributed by atoms with Crippen LogP contribution in [-0.2, 0) is 13.0 Å². The number of rotatable bonds is 5. The van der Waals surface area contributed by atoms with Crippen molar-refractivity contribution in [3.63, 3.8) is 0 Å². The molecule has 1 aromatic carbocycles. The maximum Gasteiger partial charge on any atom is 0.254 e. The second-order valence-electron chi connectivity index (χ2n) is 4.17. The number of hydrogen-bond acceptors (Lipinski definition) is 3. The minimum absolute atomic E-state index is 0.0434. The third-order valence-corrected chi connectivity index (χ3v) is 3.22. The Balaban J connectivity index is 1.95. The second-order valence-corrected chi connectivity index (χ2v) is 4.56. The van der Waals surface area contributed by atoms with E-state index in [4.69, 9.17) is 12.2 Å². The molecule has 1 amide bonds. The number of carbonyl (C=O) groups excluding carboxylic acids is 1. The van der Waals surface area contributed by atoms with Crippen LogP contribution in [0, 0.1) is 10.6 Å². The standard InChI is InChI=1S/C13H15FN4OS/c1-2-18-11(16-17-13(18)20)7-8-15-12(19)9-5-3-4-6-10(9)14/h3-6H,2,7-8H2,1H3,(H,15,19)(H,17,20). The Morgan fingerprint density at radius 3 is 2.95 bits per heavy atom. The van der Waals surface area contributed by atoms with Crippen LogP contribution in [0.5, 0.6) is 0 Å². The Morgan fingerprint density at radius 1 is 1.50 bits per heavy atom. The number of hydrogen-bond donors (Lipinski definition) is 2. The number of nitrogens with one attached hydrogen (secondary N) is 2. The lowest BCUT2D eigenvalue weighted by Crippen LogP contribution is -2.27. The molecule has 2 rings (SSSR count). The molecular weight excluding hydrogens is 279 g/mol. The molecule has 0 radical (unpaired) electrons. The van der Waals surface area contributed by atoms with Crippen molar-refractivity contribution in [1.29, 1.82) is 0 Å². The molecule has 0 aliphatic heterocycles. The summed E-state index contributed by atoms with van der Waals surface area (Å²) in [6.45, 7) is 3.05. The molecule has 0 saturated carbocycles. The molecule has 0 saturated heterocycles. The molecule has 20 heavy (non-hydrogen) atoms. The number of nitrogens with zero attached hydrogens (tertiary/aromatic N) is 2. The van der Waals surface area contributed by atoms with Crippen molar-refractivity contribution in [1.82, 2.24) is 20.1 Å². The van der Waals surface area contributed by atoms with Crippen molar-refractivity contribution in [2.24, 2.45) is 0 Å². The average molecular weight is 294 g/mol. The van der Waals surface area contributed by atoms with Gasteiger partial charge in [-0.05, 0) is 31.3 Å². The Labute approximate surface area is 120 Å². The quantitative estimate of drug-likeness (QED) is 0.830. The molecule has 0 fully saturated rings. The van der Waals surface area contributed by atoms with E-state index in [1.165, 1.54) is 12.1 Å². The van der Waals surface area contributed by atoms with Gasteiger partial charge >= 0.3 is 0 Å². The van der Waals surface area contributed by atoms with E-state index in [0.717, 1.165) is 5.82 Å². The average Bonchev–Trinajstić information content (AvgIpc) is 2.79. The van der Waals surface area contributed by atoms with Crippen molar-refractivity contribution in [3.8, 4) is 0 Å². The highest BCUT2D eigenvalue weighted by atomic mass is 32.1. The summed E-state index contributed by atoms with van der Waals surface area (Å²) in [5.41, 5.74) is 0.0434. The lowest BCUT2D eigenvalue weighted by Gasteiger charge is -2.06. The zero-order valence-electron chi connectivity index (χ0n) is 11.0. The van der Waals surface area contributed by atoms with Gasteiger partial charge in [0.2, 0.25) is 0 Å². The van der Waals surface area contributed by atoms with E-state index >= 15 is 0 Å². The largest absolute Gasteiger partial charge is 0.351 e. The minimum Gasteiger partial charge on any atom is -0.351 e. The first kappa shape index (κ1) is 14.4. The fraction of sp³-hybridized carbons (Fsp3) is 0.308. The number of amides is 1. The molecule has 106 valence electrons. The van der Waals surface area contributed by atoms with Gasteiger partial charge in [-0.25, -0.2) is 4.39 Å². The van der Waals surface area contributed by atoms with Gasteiger partial charge in [0.25, 0.3) is 5.91 Å². The molecule has 1 heterocycles. The number of aromatic amines is 1. The van der Waals surface area contributed by atoms with E-state index in [0.29, 0.717) is 24.3 Å². The second kappa shape index (κ2) is 6.42. The Hall–Kier alpha value is -2.02. The topological polar surface area (TPSA) is 62.7 Å². The highest BCUT2D eigenvalue weighted by molar-refractivity contribution is 7.71. The molecule has 2 N–H and O–H groups in total. The predicted octanol–water partition coefficient (Wildman–Crippen LogP) is 2.07. The van der Waals surface area contributed by atoms with Gasteiger partial charge in [0.05, 0.1) is 5.56 Å². The summed E-state index contributed by atoms with van der Waals surface area (Å²) in [6.07, 6.45) is 0.529. The van der Waals surface area contributed by atoms with Crippen molar-refractivity contribution >= 4 is 18.1 Å². The van der Waals surface area contributed by atoms with E-state index in [9.17, 15) is 9.18 Å². The van der Waals surface area contributed by atoms with Crippen molar-refractivity contribution in [2.45, 2.75) is 19.9 Å². The maximum absolute atomic E-state index is 13.4. The summed E-state index contributed by atoms with van der Waals surface area (Å²) in [6, 6.07) is 5.88.